The maximum atomic E-state index is 13.2. The molecule has 10 heteroatoms. The first-order valence-electron chi connectivity index (χ1n) is 11.8. The van der Waals surface area contributed by atoms with E-state index >= 15 is 0 Å². The monoisotopic (exact) mass is 608 g/mol. The van der Waals surface area contributed by atoms with E-state index in [0.717, 1.165) is 36.1 Å². The average Bonchev–Trinajstić information content (AvgIpc) is 3.14. The molecule has 1 aliphatic rings. The van der Waals surface area contributed by atoms with Gasteiger partial charge in [-0.05, 0) is 73.6 Å². The van der Waals surface area contributed by atoms with Gasteiger partial charge < -0.3 is 9.64 Å². The second-order valence-corrected chi connectivity index (χ2v) is 11.1. The number of hydrogen-bond acceptors (Lipinski definition) is 5. The topological polar surface area (TPSA) is 49.9 Å². The van der Waals surface area contributed by atoms with Crippen molar-refractivity contribution >= 4 is 81.1 Å². The SMILES string of the molecule is CCN(CC)c1ccc(/C=C2/SC(=O)N(Cc3ccc(Cl)c(Cl)c3)C2=O)c(OCc2ccc(Cl)cc2Cl)c1. The third-order valence-corrected chi connectivity index (χ3v) is 8.24. The van der Waals surface area contributed by atoms with Crippen LogP contribution in [0.2, 0.25) is 20.1 Å². The first-order chi connectivity index (χ1) is 18.2. The molecule has 1 aliphatic heterocycles. The Bertz CT molecular complexity index is 1410. The van der Waals surface area contributed by atoms with Gasteiger partial charge in [0.05, 0.1) is 21.5 Å². The lowest BCUT2D eigenvalue weighted by molar-refractivity contribution is -0.123. The van der Waals surface area contributed by atoms with Crippen molar-refractivity contribution in [2.75, 3.05) is 18.0 Å². The third kappa shape index (κ3) is 6.61. The van der Waals surface area contributed by atoms with Crippen LogP contribution in [0.3, 0.4) is 0 Å². The van der Waals surface area contributed by atoms with E-state index in [9.17, 15) is 9.59 Å². The zero-order valence-electron chi connectivity index (χ0n) is 20.6. The minimum atomic E-state index is -0.384. The number of carbonyl (C=O) groups is 2. The number of benzene rings is 3. The summed E-state index contributed by atoms with van der Waals surface area (Å²) in [6.45, 7) is 6.11. The molecule has 0 N–H and O–H groups in total. The molecule has 0 atom stereocenters. The van der Waals surface area contributed by atoms with Gasteiger partial charge in [0, 0.05) is 46.0 Å². The summed E-state index contributed by atoms with van der Waals surface area (Å²) in [6, 6.07) is 16.1. The van der Waals surface area contributed by atoms with Gasteiger partial charge in [-0.3, -0.25) is 14.5 Å². The zero-order valence-corrected chi connectivity index (χ0v) is 24.5. The highest BCUT2D eigenvalue weighted by molar-refractivity contribution is 8.18. The quantitative estimate of drug-likeness (QED) is 0.227. The molecule has 0 bridgehead atoms. The van der Waals surface area contributed by atoms with Gasteiger partial charge >= 0.3 is 0 Å². The smallest absolute Gasteiger partial charge is 0.293 e. The molecule has 1 saturated heterocycles. The molecule has 1 fully saturated rings. The van der Waals surface area contributed by atoms with Crippen LogP contribution in [0.15, 0.2) is 59.5 Å². The highest BCUT2D eigenvalue weighted by atomic mass is 35.5. The van der Waals surface area contributed by atoms with Crippen LogP contribution in [-0.2, 0) is 17.9 Å². The Morgan fingerprint density at radius 2 is 1.66 bits per heavy atom. The molecule has 5 nitrogen and oxygen atoms in total. The van der Waals surface area contributed by atoms with E-state index in [-0.39, 0.29) is 24.3 Å². The average molecular weight is 610 g/mol. The molecule has 0 saturated carbocycles. The summed E-state index contributed by atoms with van der Waals surface area (Å²) < 4.78 is 6.20. The predicted octanol–water partition coefficient (Wildman–Crippen LogP) is 8.96. The van der Waals surface area contributed by atoms with Crippen LogP contribution < -0.4 is 9.64 Å². The Kier molecular flexibility index (Phi) is 9.55. The fraction of sp³-hybridized carbons (Fsp3) is 0.214. The van der Waals surface area contributed by atoms with Crippen molar-refractivity contribution in [2.45, 2.75) is 27.0 Å². The maximum Gasteiger partial charge on any atom is 0.293 e. The lowest BCUT2D eigenvalue weighted by Crippen LogP contribution is -2.27. The standard InChI is InChI=1S/C28H24Cl4N2O3S/c1-3-33(4-2)21-9-7-18(25(14-21)37-16-19-6-8-20(29)13-23(19)31)12-26-27(35)34(28(36)38-26)15-17-5-10-22(30)24(32)11-17/h5-14H,3-4,15-16H2,1-2H3/b26-12+. The van der Waals surface area contributed by atoms with Crippen molar-refractivity contribution in [3.63, 3.8) is 0 Å². The zero-order chi connectivity index (χ0) is 27.4. The van der Waals surface area contributed by atoms with Crippen LogP contribution in [0.25, 0.3) is 6.08 Å². The van der Waals surface area contributed by atoms with Crippen molar-refractivity contribution in [2.24, 2.45) is 0 Å². The minimum absolute atomic E-state index is 0.0955. The molecule has 0 aliphatic carbocycles. The van der Waals surface area contributed by atoms with Gasteiger partial charge in [0.2, 0.25) is 0 Å². The van der Waals surface area contributed by atoms with E-state index in [4.69, 9.17) is 51.1 Å². The van der Waals surface area contributed by atoms with Crippen LogP contribution in [0, 0.1) is 0 Å². The lowest BCUT2D eigenvalue weighted by Gasteiger charge is -2.22. The molecule has 1 heterocycles. The van der Waals surface area contributed by atoms with Crippen molar-refractivity contribution < 1.29 is 14.3 Å². The number of amides is 2. The Labute approximate surface area is 246 Å². The highest BCUT2D eigenvalue weighted by Gasteiger charge is 2.35. The van der Waals surface area contributed by atoms with Gasteiger partial charge in [0.15, 0.2) is 0 Å². The number of thioether (sulfide) groups is 1. The Hall–Kier alpha value is -2.35. The van der Waals surface area contributed by atoms with Crippen LogP contribution in [0.5, 0.6) is 5.75 Å². The molecule has 0 aromatic heterocycles. The fourth-order valence-electron chi connectivity index (χ4n) is 3.95. The van der Waals surface area contributed by atoms with E-state index < -0.39 is 0 Å². The number of imide groups is 1. The normalized spacial score (nSPS) is 14.5. The first kappa shape index (κ1) is 28.7. The Morgan fingerprint density at radius 3 is 2.34 bits per heavy atom. The second-order valence-electron chi connectivity index (χ2n) is 8.44. The van der Waals surface area contributed by atoms with Gasteiger partial charge in [0.25, 0.3) is 11.1 Å². The third-order valence-electron chi connectivity index (χ3n) is 6.01. The Morgan fingerprint density at radius 1 is 0.895 bits per heavy atom. The summed E-state index contributed by atoms with van der Waals surface area (Å²) in [6.07, 6.45) is 1.69. The molecule has 3 aromatic rings. The summed E-state index contributed by atoms with van der Waals surface area (Å²) in [7, 11) is 0. The van der Waals surface area contributed by atoms with Gasteiger partial charge in [-0.2, -0.15) is 0 Å². The molecular formula is C28H24Cl4N2O3S. The van der Waals surface area contributed by atoms with E-state index in [1.165, 1.54) is 4.90 Å². The highest BCUT2D eigenvalue weighted by Crippen LogP contribution is 2.37. The molecule has 2 amide bonds. The molecule has 4 rings (SSSR count). The summed E-state index contributed by atoms with van der Waals surface area (Å²) in [5.41, 5.74) is 3.13. The number of carbonyl (C=O) groups excluding carboxylic acids is 2. The van der Waals surface area contributed by atoms with Crippen molar-refractivity contribution in [1.29, 1.82) is 0 Å². The van der Waals surface area contributed by atoms with E-state index in [1.807, 2.05) is 24.3 Å². The van der Waals surface area contributed by atoms with Crippen molar-refractivity contribution in [3.05, 3.63) is 96.3 Å². The summed E-state index contributed by atoms with van der Waals surface area (Å²) >= 11 is 25.4. The summed E-state index contributed by atoms with van der Waals surface area (Å²) in [5.74, 6) is 0.183. The number of anilines is 1. The molecular weight excluding hydrogens is 586 g/mol. The van der Waals surface area contributed by atoms with Crippen LogP contribution in [0.4, 0.5) is 10.5 Å². The predicted molar refractivity (Wildman–Crippen MR) is 159 cm³/mol. The molecule has 38 heavy (non-hydrogen) atoms. The molecule has 3 aromatic carbocycles. The van der Waals surface area contributed by atoms with Gasteiger partial charge in [-0.25, -0.2) is 0 Å². The van der Waals surface area contributed by atoms with Crippen molar-refractivity contribution in [3.8, 4) is 5.75 Å². The van der Waals surface area contributed by atoms with Crippen LogP contribution in [-0.4, -0.2) is 29.1 Å². The number of ether oxygens (including phenoxy) is 1. The van der Waals surface area contributed by atoms with E-state index in [1.54, 1.807) is 36.4 Å². The van der Waals surface area contributed by atoms with E-state index in [2.05, 4.69) is 18.7 Å². The second kappa shape index (κ2) is 12.7. The largest absolute Gasteiger partial charge is 0.488 e. The summed E-state index contributed by atoms with van der Waals surface area (Å²) in [5, 5.41) is 1.46. The molecule has 198 valence electrons. The number of rotatable bonds is 9. The molecule has 0 spiro atoms. The maximum absolute atomic E-state index is 13.2. The first-order valence-corrected chi connectivity index (χ1v) is 14.2. The van der Waals surface area contributed by atoms with Gasteiger partial charge in [-0.15, -0.1) is 0 Å². The number of hydrogen-bond donors (Lipinski definition) is 0. The molecule has 0 radical (unpaired) electrons. The lowest BCUT2D eigenvalue weighted by atomic mass is 10.1. The Balaban J connectivity index is 1.62. The number of halogens is 4. The molecule has 0 unspecified atom stereocenters. The number of nitrogens with zero attached hydrogens (tertiary/aromatic N) is 2. The van der Waals surface area contributed by atoms with Crippen molar-refractivity contribution in [1.82, 2.24) is 4.90 Å². The minimum Gasteiger partial charge on any atom is -0.488 e. The van der Waals surface area contributed by atoms with E-state index in [0.29, 0.717) is 41.9 Å². The fourth-order valence-corrected chi connectivity index (χ4v) is 5.56. The summed E-state index contributed by atoms with van der Waals surface area (Å²) in [4.78, 5) is 29.6. The van der Waals surface area contributed by atoms with Crippen LogP contribution >= 0.6 is 58.2 Å². The van der Waals surface area contributed by atoms with Gasteiger partial charge in [-0.1, -0.05) is 58.5 Å². The van der Waals surface area contributed by atoms with Gasteiger partial charge in [0.1, 0.15) is 12.4 Å². The van der Waals surface area contributed by atoms with Crippen LogP contribution in [0.1, 0.15) is 30.5 Å².